The Labute approximate surface area is 136 Å². The van der Waals surface area contributed by atoms with Crippen LogP contribution in [0.25, 0.3) is 0 Å². The molecule has 0 atom stereocenters. The summed E-state index contributed by atoms with van der Waals surface area (Å²) in [5, 5.41) is 6.03. The van der Waals surface area contributed by atoms with Crippen LogP contribution < -0.4 is 10.6 Å². The third kappa shape index (κ3) is 6.06. The van der Waals surface area contributed by atoms with Crippen molar-refractivity contribution in [3.8, 4) is 0 Å². The van der Waals surface area contributed by atoms with Gasteiger partial charge in [-0.15, -0.1) is 0 Å². The molecule has 0 saturated carbocycles. The Balaban J connectivity index is 1.82. The van der Waals surface area contributed by atoms with Crippen LogP contribution in [0, 0.1) is 11.7 Å². The first-order chi connectivity index (χ1) is 11.0. The van der Waals surface area contributed by atoms with Crippen LogP contribution in [0.15, 0.2) is 42.6 Å². The number of amides is 1. The summed E-state index contributed by atoms with van der Waals surface area (Å²) in [6.07, 6.45) is 2.91. The summed E-state index contributed by atoms with van der Waals surface area (Å²) in [7, 11) is 0. The highest BCUT2D eigenvalue weighted by atomic mass is 19.1. The van der Waals surface area contributed by atoms with Crippen LogP contribution in [-0.2, 0) is 11.2 Å². The number of carbonyl (C=O) groups is 1. The number of nitrogens with one attached hydrogen (secondary N) is 2. The van der Waals surface area contributed by atoms with Crippen LogP contribution in [0.2, 0.25) is 0 Å². The van der Waals surface area contributed by atoms with E-state index in [0.717, 1.165) is 24.3 Å². The highest BCUT2D eigenvalue weighted by Crippen LogP contribution is 2.11. The average molecular weight is 315 g/mol. The first-order valence-corrected chi connectivity index (χ1v) is 7.77. The number of hydrogen-bond donors (Lipinski definition) is 2. The van der Waals surface area contributed by atoms with Crippen molar-refractivity contribution in [3.63, 3.8) is 0 Å². The van der Waals surface area contributed by atoms with Gasteiger partial charge in [-0.2, -0.15) is 0 Å². The van der Waals surface area contributed by atoms with Crippen molar-refractivity contribution in [1.29, 1.82) is 0 Å². The van der Waals surface area contributed by atoms with Crippen molar-refractivity contribution in [2.24, 2.45) is 5.92 Å². The van der Waals surface area contributed by atoms with Gasteiger partial charge >= 0.3 is 0 Å². The second-order valence-electron chi connectivity index (χ2n) is 5.89. The molecule has 0 spiro atoms. The Morgan fingerprint density at radius 2 is 1.91 bits per heavy atom. The second-order valence-corrected chi connectivity index (χ2v) is 5.89. The third-order valence-corrected chi connectivity index (χ3v) is 3.35. The Kier molecular flexibility index (Phi) is 6.09. The molecule has 0 unspecified atom stereocenters. The van der Waals surface area contributed by atoms with Gasteiger partial charge in [0.1, 0.15) is 11.6 Å². The van der Waals surface area contributed by atoms with Crippen molar-refractivity contribution in [2.45, 2.75) is 26.7 Å². The van der Waals surface area contributed by atoms with E-state index >= 15 is 0 Å². The number of nitrogens with zero attached hydrogens (tertiary/aromatic N) is 1. The molecule has 122 valence electrons. The van der Waals surface area contributed by atoms with E-state index in [1.165, 1.54) is 12.1 Å². The van der Waals surface area contributed by atoms with Gasteiger partial charge in [0.05, 0.1) is 18.3 Å². The van der Waals surface area contributed by atoms with Crippen LogP contribution in [0.3, 0.4) is 0 Å². The van der Waals surface area contributed by atoms with Gasteiger partial charge in [-0.05, 0) is 42.2 Å². The summed E-state index contributed by atoms with van der Waals surface area (Å²) in [5.74, 6) is 0.979. The average Bonchev–Trinajstić information content (AvgIpc) is 2.51. The SMILES string of the molecule is CC(C)CCNc1ccc(NC(=O)Cc2ccc(F)cc2)cn1. The molecule has 2 aromatic rings. The summed E-state index contributed by atoms with van der Waals surface area (Å²) in [4.78, 5) is 16.2. The number of aromatic nitrogens is 1. The number of benzene rings is 1. The molecule has 0 bridgehead atoms. The van der Waals surface area contributed by atoms with Gasteiger partial charge in [-0.3, -0.25) is 4.79 Å². The van der Waals surface area contributed by atoms with Crippen LogP contribution in [0.1, 0.15) is 25.8 Å². The van der Waals surface area contributed by atoms with E-state index < -0.39 is 0 Å². The molecule has 1 aromatic heterocycles. The number of anilines is 2. The highest BCUT2D eigenvalue weighted by molar-refractivity contribution is 5.92. The molecule has 0 aliphatic heterocycles. The third-order valence-electron chi connectivity index (χ3n) is 3.35. The van der Waals surface area contributed by atoms with E-state index in [9.17, 15) is 9.18 Å². The van der Waals surface area contributed by atoms with E-state index in [-0.39, 0.29) is 18.1 Å². The maximum Gasteiger partial charge on any atom is 0.228 e. The molecule has 0 fully saturated rings. The topological polar surface area (TPSA) is 54.0 Å². The minimum atomic E-state index is -0.307. The summed E-state index contributed by atoms with van der Waals surface area (Å²) < 4.78 is 12.8. The van der Waals surface area contributed by atoms with Crippen LogP contribution in [-0.4, -0.2) is 17.4 Å². The Hall–Kier alpha value is -2.43. The predicted molar refractivity (Wildman–Crippen MR) is 90.9 cm³/mol. The van der Waals surface area contributed by atoms with Gasteiger partial charge in [0.2, 0.25) is 5.91 Å². The largest absolute Gasteiger partial charge is 0.370 e. The number of hydrogen-bond acceptors (Lipinski definition) is 3. The van der Waals surface area contributed by atoms with Gasteiger partial charge in [0.25, 0.3) is 0 Å². The molecule has 1 aromatic carbocycles. The molecule has 2 N–H and O–H groups in total. The molecule has 4 nitrogen and oxygen atoms in total. The molecule has 0 saturated heterocycles. The molecule has 0 aliphatic carbocycles. The zero-order valence-corrected chi connectivity index (χ0v) is 13.5. The van der Waals surface area contributed by atoms with Gasteiger partial charge in [0, 0.05) is 6.54 Å². The van der Waals surface area contributed by atoms with Crippen molar-refractivity contribution in [2.75, 3.05) is 17.2 Å². The lowest BCUT2D eigenvalue weighted by molar-refractivity contribution is -0.115. The van der Waals surface area contributed by atoms with E-state index in [1.807, 2.05) is 12.1 Å². The summed E-state index contributed by atoms with van der Waals surface area (Å²) >= 11 is 0. The fourth-order valence-corrected chi connectivity index (χ4v) is 2.05. The maximum atomic E-state index is 12.8. The molecule has 2 rings (SSSR count). The van der Waals surface area contributed by atoms with Crippen molar-refractivity contribution >= 4 is 17.4 Å². The van der Waals surface area contributed by atoms with E-state index in [0.29, 0.717) is 11.6 Å². The minimum absolute atomic E-state index is 0.154. The minimum Gasteiger partial charge on any atom is -0.370 e. The molecule has 0 aliphatic rings. The normalized spacial score (nSPS) is 10.6. The first-order valence-electron chi connectivity index (χ1n) is 7.77. The van der Waals surface area contributed by atoms with Crippen molar-refractivity contribution in [1.82, 2.24) is 4.98 Å². The molecule has 5 heteroatoms. The summed E-state index contributed by atoms with van der Waals surface area (Å²) in [6, 6.07) is 9.56. The van der Waals surface area contributed by atoms with Crippen LogP contribution >= 0.6 is 0 Å². The Morgan fingerprint density at radius 3 is 2.52 bits per heavy atom. The maximum absolute atomic E-state index is 12.8. The lowest BCUT2D eigenvalue weighted by atomic mass is 10.1. The van der Waals surface area contributed by atoms with Gasteiger partial charge in [-0.1, -0.05) is 26.0 Å². The summed E-state index contributed by atoms with van der Waals surface area (Å²) in [5.41, 5.74) is 1.41. The smallest absolute Gasteiger partial charge is 0.228 e. The van der Waals surface area contributed by atoms with Crippen LogP contribution in [0.5, 0.6) is 0 Å². The molecular weight excluding hydrogens is 293 g/mol. The number of halogens is 1. The monoisotopic (exact) mass is 315 g/mol. The lowest BCUT2D eigenvalue weighted by Crippen LogP contribution is -2.14. The molecular formula is C18H22FN3O. The van der Waals surface area contributed by atoms with E-state index in [2.05, 4.69) is 29.5 Å². The number of rotatable bonds is 7. The lowest BCUT2D eigenvalue weighted by Gasteiger charge is -2.09. The van der Waals surface area contributed by atoms with Crippen molar-refractivity contribution in [3.05, 3.63) is 54.0 Å². The highest BCUT2D eigenvalue weighted by Gasteiger charge is 2.05. The zero-order chi connectivity index (χ0) is 16.7. The quantitative estimate of drug-likeness (QED) is 0.816. The summed E-state index contributed by atoms with van der Waals surface area (Å²) in [6.45, 7) is 5.23. The fourth-order valence-electron chi connectivity index (χ4n) is 2.05. The van der Waals surface area contributed by atoms with Gasteiger partial charge in [-0.25, -0.2) is 9.37 Å². The predicted octanol–water partition coefficient (Wildman–Crippen LogP) is 3.86. The van der Waals surface area contributed by atoms with Crippen molar-refractivity contribution < 1.29 is 9.18 Å². The standard InChI is InChI=1S/C18H22FN3O/c1-13(2)9-10-20-17-8-7-16(12-21-17)22-18(23)11-14-3-5-15(19)6-4-14/h3-8,12-13H,9-11H2,1-2H3,(H,20,21)(H,22,23). The number of carbonyl (C=O) groups excluding carboxylic acids is 1. The molecule has 0 radical (unpaired) electrons. The van der Waals surface area contributed by atoms with Crippen LogP contribution in [0.4, 0.5) is 15.9 Å². The molecule has 1 amide bonds. The molecule has 23 heavy (non-hydrogen) atoms. The van der Waals surface area contributed by atoms with E-state index in [4.69, 9.17) is 0 Å². The number of pyridine rings is 1. The Bertz CT molecular complexity index is 624. The zero-order valence-electron chi connectivity index (χ0n) is 13.5. The first kappa shape index (κ1) is 16.9. The van der Waals surface area contributed by atoms with Gasteiger partial charge < -0.3 is 10.6 Å². The fraction of sp³-hybridized carbons (Fsp3) is 0.333. The van der Waals surface area contributed by atoms with Gasteiger partial charge in [0.15, 0.2) is 0 Å². The van der Waals surface area contributed by atoms with E-state index in [1.54, 1.807) is 18.3 Å². The second kappa shape index (κ2) is 8.27. The molecule has 1 heterocycles. The Morgan fingerprint density at radius 1 is 1.17 bits per heavy atom.